The first-order chi connectivity index (χ1) is 17.5. The maximum absolute atomic E-state index is 13.2. The van der Waals surface area contributed by atoms with E-state index in [4.69, 9.17) is 4.74 Å². The fourth-order valence-corrected chi connectivity index (χ4v) is 5.48. The van der Waals surface area contributed by atoms with Gasteiger partial charge in [-0.1, -0.05) is 0 Å². The SMILES string of the molecule is COc1ccc(/C=N\NC(=O)c2ccc(-n3cnc4sc5c(c4c3=O)CCCC5)cc2)cc1[N+](=O)[O-]. The van der Waals surface area contributed by atoms with Gasteiger partial charge in [-0.2, -0.15) is 5.10 Å². The number of carbonyl (C=O) groups is 1. The predicted octanol–water partition coefficient (Wildman–Crippen LogP) is 4.01. The number of nitro groups is 1. The minimum atomic E-state index is -0.554. The van der Waals surface area contributed by atoms with Crippen LogP contribution in [-0.2, 0) is 12.8 Å². The molecule has 11 heteroatoms. The molecule has 0 atom stereocenters. The van der Waals surface area contributed by atoms with Crippen molar-refractivity contribution < 1.29 is 14.5 Å². The Morgan fingerprint density at radius 1 is 1.22 bits per heavy atom. The summed E-state index contributed by atoms with van der Waals surface area (Å²) in [5, 5.41) is 15.7. The molecule has 0 aliphatic heterocycles. The van der Waals surface area contributed by atoms with E-state index in [0.29, 0.717) is 22.2 Å². The summed E-state index contributed by atoms with van der Waals surface area (Å²) in [4.78, 5) is 42.9. The van der Waals surface area contributed by atoms with Crippen molar-refractivity contribution in [3.8, 4) is 11.4 Å². The molecule has 1 aliphatic carbocycles. The zero-order valence-electron chi connectivity index (χ0n) is 19.3. The normalized spacial score (nSPS) is 13.0. The number of hydrogen-bond donors (Lipinski definition) is 1. The van der Waals surface area contributed by atoms with Gasteiger partial charge in [0.05, 0.1) is 29.3 Å². The summed E-state index contributed by atoms with van der Waals surface area (Å²) in [5.41, 5.74) is 4.60. The summed E-state index contributed by atoms with van der Waals surface area (Å²) in [6, 6.07) is 10.9. The summed E-state index contributed by atoms with van der Waals surface area (Å²) >= 11 is 1.60. The van der Waals surface area contributed by atoms with Crippen LogP contribution >= 0.6 is 11.3 Å². The maximum atomic E-state index is 13.2. The number of thiophene rings is 1. The van der Waals surface area contributed by atoms with Crippen LogP contribution in [0, 0.1) is 10.1 Å². The molecule has 182 valence electrons. The van der Waals surface area contributed by atoms with Gasteiger partial charge in [0.1, 0.15) is 11.2 Å². The van der Waals surface area contributed by atoms with Crippen molar-refractivity contribution in [1.29, 1.82) is 0 Å². The van der Waals surface area contributed by atoms with Crippen LogP contribution in [0.15, 0.2) is 58.7 Å². The van der Waals surface area contributed by atoms with E-state index in [1.165, 1.54) is 41.2 Å². The molecule has 10 nitrogen and oxygen atoms in total. The Morgan fingerprint density at radius 2 is 2.00 bits per heavy atom. The van der Waals surface area contributed by atoms with Crippen LogP contribution < -0.4 is 15.7 Å². The molecule has 2 aromatic carbocycles. The first-order valence-corrected chi connectivity index (χ1v) is 12.1. The number of nitrogens with zero attached hydrogens (tertiary/aromatic N) is 4. The molecule has 4 aromatic rings. The molecule has 0 saturated heterocycles. The zero-order chi connectivity index (χ0) is 25.2. The van der Waals surface area contributed by atoms with Crippen molar-refractivity contribution in [3.05, 3.63) is 90.8 Å². The molecule has 36 heavy (non-hydrogen) atoms. The number of hydrazone groups is 1. The first kappa shape index (κ1) is 23.4. The summed E-state index contributed by atoms with van der Waals surface area (Å²) in [7, 11) is 1.35. The minimum Gasteiger partial charge on any atom is -0.490 e. The average Bonchev–Trinajstić information content (AvgIpc) is 3.28. The number of hydrogen-bond acceptors (Lipinski definition) is 8. The summed E-state index contributed by atoms with van der Waals surface area (Å²) in [6.07, 6.45) is 6.95. The topological polar surface area (TPSA) is 129 Å². The van der Waals surface area contributed by atoms with E-state index in [2.05, 4.69) is 15.5 Å². The molecule has 5 rings (SSSR count). The molecule has 0 unspecified atom stereocenters. The van der Waals surface area contributed by atoms with E-state index in [0.717, 1.165) is 36.1 Å². The van der Waals surface area contributed by atoms with Gasteiger partial charge in [0.25, 0.3) is 11.5 Å². The number of nitrogens with one attached hydrogen (secondary N) is 1. The Morgan fingerprint density at radius 3 is 2.75 bits per heavy atom. The number of methoxy groups -OCH3 is 1. The molecule has 1 amide bonds. The quantitative estimate of drug-likeness (QED) is 0.241. The van der Waals surface area contributed by atoms with Gasteiger partial charge in [-0.3, -0.25) is 24.3 Å². The van der Waals surface area contributed by atoms with Crippen molar-refractivity contribution in [3.63, 3.8) is 0 Å². The molecule has 1 aliphatic rings. The van der Waals surface area contributed by atoms with E-state index in [-0.39, 0.29) is 17.0 Å². The largest absolute Gasteiger partial charge is 0.490 e. The standard InChI is InChI=1S/C25H21N5O5S/c1-35-20-11-6-15(12-19(20)30(33)34)13-27-28-23(31)16-7-9-17(10-8-16)29-14-26-24-22(25(29)32)18-4-2-3-5-21(18)36-24/h6-14H,2-5H2,1H3,(H,28,31)/b27-13-. The third-order valence-corrected chi connectivity index (χ3v) is 7.26. The van der Waals surface area contributed by atoms with Crippen molar-refractivity contribution in [2.75, 3.05) is 7.11 Å². The molecule has 0 saturated carbocycles. The van der Waals surface area contributed by atoms with Gasteiger partial charge in [-0.25, -0.2) is 10.4 Å². The molecular weight excluding hydrogens is 482 g/mol. The Hall–Kier alpha value is -4.38. The smallest absolute Gasteiger partial charge is 0.311 e. The van der Waals surface area contributed by atoms with E-state index in [9.17, 15) is 19.7 Å². The molecule has 0 spiro atoms. The maximum Gasteiger partial charge on any atom is 0.311 e. The fraction of sp³-hybridized carbons (Fsp3) is 0.200. The van der Waals surface area contributed by atoms with Crippen molar-refractivity contribution in [1.82, 2.24) is 15.0 Å². The van der Waals surface area contributed by atoms with Crippen LogP contribution in [0.3, 0.4) is 0 Å². The van der Waals surface area contributed by atoms with Gasteiger partial charge in [-0.15, -0.1) is 11.3 Å². The number of fused-ring (bicyclic) bond motifs is 3. The molecule has 1 N–H and O–H groups in total. The Labute approximate surface area is 209 Å². The Balaban J connectivity index is 1.32. The third kappa shape index (κ3) is 4.36. The van der Waals surface area contributed by atoms with Crippen LogP contribution in [0.1, 0.15) is 39.2 Å². The highest BCUT2D eigenvalue weighted by Crippen LogP contribution is 2.33. The van der Waals surface area contributed by atoms with E-state index < -0.39 is 10.8 Å². The molecule has 2 heterocycles. The number of rotatable bonds is 6. The number of ether oxygens (including phenoxy) is 1. The third-order valence-electron chi connectivity index (χ3n) is 6.06. The number of amides is 1. The van der Waals surface area contributed by atoms with Crippen LogP contribution in [0.4, 0.5) is 5.69 Å². The van der Waals surface area contributed by atoms with Crippen molar-refractivity contribution >= 4 is 39.4 Å². The van der Waals surface area contributed by atoms with E-state index in [1.807, 2.05) is 0 Å². The second-order valence-electron chi connectivity index (χ2n) is 8.25. The lowest BCUT2D eigenvalue weighted by Crippen LogP contribution is -2.20. The van der Waals surface area contributed by atoms with Gasteiger partial charge in [0.2, 0.25) is 0 Å². The molecule has 0 radical (unpaired) electrons. The van der Waals surface area contributed by atoms with Gasteiger partial charge >= 0.3 is 5.69 Å². The molecule has 0 fully saturated rings. The number of nitro benzene ring substituents is 1. The van der Waals surface area contributed by atoms with Gasteiger partial charge in [0, 0.05) is 22.1 Å². The van der Waals surface area contributed by atoms with Crippen LogP contribution in [0.2, 0.25) is 0 Å². The van der Waals surface area contributed by atoms with Gasteiger partial charge in [-0.05, 0) is 67.6 Å². The highest BCUT2D eigenvalue weighted by Gasteiger charge is 2.20. The molecule has 0 bridgehead atoms. The highest BCUT2D eigenvalue weighted by molar-refractivity contribution is 7.18. The average molecular weight is 504 g/mol. The van der Waals surface area contributed by atoms with Gasteiger partial charge < -0.3 is 4.74 Å². The van der Waals surface area contributed by atoms with Crippen LogP contribution in [0.5, 0.6) is 5.75 Å². The monoisotopic (exact) mass is 503 g/mol. The van der Waals surface area contributed by atoms with Crippen LogP contribution in [-0.4, -0.2) is 33.7 Å². The van der Waals surface area contributed by atoms with E-state index in [1.54, 1.807) is 41.7 Å². The Bertz CT molecular complexity index is 1570. The summed E-state index contributed by atoms with van der Waals surface area (Å²) in [5.74, 6) is -0.331. The minimum absolute atomic E-state index is 0.102. The molecular formula is C25H21N5O5S. The number of carbonyl (C=O) groups excluding carboxylic acids is 1. The zero-order valence-corrected chi connectivity index (χ0v) is 20.1. The lowest BCUT2D eigenvalue weighted by molar-refractivity contribution is -0.385. The molecule has 2 aromatic heterocycles. The van der Waals surface area contributed by atoms with Crippen molar-refractivity contribution in [2.45, 2.75) is 25.7 Å². The van der Waals surface area contributed by atoms with Gasteiger partial charge in [0.15, 0.2) is 5.75 Å². The van der Waals surface area contributed by atoms with E-state index >= 15 is 0 Å². The summed E-state index contributed by atoms with van der Waals surface area (Å²) < 4.78 is 6.47. The number of aryl methyl sites for hydroxylation is 2. The van der Waals surface area contributed by atoms with Crippen molar-refractivity contribution in [2.24, 2.45) is 5.10 Å². The highest BCUT2D eigenvalue weighted by atomic mass is 32.1. The first-order valence-electron chi connectivity index (χ1n) is 11.2. The second kappa shape index (κ2) is 9.70. The lowest BCUT2D eigenvalue weighted by atomic mass is 9.97. The summed E-state index contributed by atoms with van der Waals surface area (Å²) in [6.45, 7) is 0. The Kier molecular flexibility index (Phi) is 6.30. The second-order valence-corrected chi connectivity index (χ2v) is 9.33. The van der Waals surface area contributed by atoms with Crippen LogP contribution in [0.25, 0.3) is 15.9 Å². The lowest BCUT2D eigenvalue weighted by Gasteiger charge is -2.10. The predicted molar refractivity (Wildman–Crippen MR) is 137 cm³/mol. The fourth-order valence-electron chi connectivity index (χ4n) is 4.26. The number of aromatic nitrogens is 2. The number of benzene rings is 2.